The van der Waals surface area contributed by atoms with Gasteiger partial charge < -0.3 is 34.3 Å². The molecule has 0 aromatic heterocycles. The molecule has 2 amide bonds. The molecule has 1 aliphatic heterocycles. The number of amides is 2. The van der Waals surface area contributed by atoms with Crippen molar-refractivity contribution in [1.82, 2.24) is 5.32 Å². The summed E-state index contributed by atoms with van der Waals surface area (Å²) in [6.07, 6.45) is 1.13. The van der Waals surface area contributed by atoms with E-state index in [1.165, 1.54) is 33.3 Å². The molecule has 1 fully saturated rings. The van der Waals surface area contributed by atoms with E-state index in [0.29, 0.717) is 35.2 Å². The fourth-order valence-electron chi connectivity index (χ4n) is 2.85. The lowest BCUT2D eigenvalue weighted by Gasteiger charge is -2.38. The second kappa shape index (κ2) is 10.8. The predicted octanol–water partition coefficient (Wildman–Crippen LogP) is 2.13. The Balaban J connectivity index is 0.000000316. The first-order chi connectivity index (χ1) is 14.9. The van der Waals surface area contributed by atoms with E-state index in [1.54, 1.807) is 36.4 Å². The Morgan fingerprint density at radius 2 is 1.65 bits per heavy atom. The Bertz CT molecular complexity index is 920. The zero-order chi connectivity index (χ0) is 23.0. The van der Waals surface area contributed by atoms with Crippen molar-refractivity contribution in [3.05, 3.63) is 49.1 Å². The van der Waals surface area contributed by atoms with E-state index in [1.807, 2.05) is 0 Å². The molecular formula is C22H26N2O7. The molecule has 2 aromatic rings. The molecule has 1 atom stereocenters. The van der Waals surface area contributed by atoms with E-state index < -0.39 is 6.04 Å². The molecule has 31 heavy (non-hydrogen) atoms. The SMILES string of the molecule is C=CC(=O)N[C@H]1CN(c2cc(OC)c(OC)c(OC)c2)C1=O.COc1ccccc1O. The molecule has 166 valence electrons. The summed E-state index contributed by atoms with van der Waals surface area (Å²) in [6.45, 7) is 3.73. The van der Waals surface area contributed by atoms with Crippen LogP contribution in [0, 0.1) is 0 Å². The number of carbonyl (C=O) groups excluding carboxylic acids is 2. The molecule has 9 nitrogen and oxygen atoms in total. The van der Waals surface area contributed by atoms with E-state index in [9.17, 15) is 9.59 Å². The number of para-hydroxylation sites is 2. The lowest BCUT2D eigenvalue weighted by Crippen LogP contribution is -2.64. The molecule has 0 saturated carbocycles. The maximum Gasteiger partial charge on any atom is 0.251 e. The van der Waals surface area contributed by atoms with Gasteiger partial charge in [-0.1, -0.05) is 18.7 Å². The Morgan fingerprint density at radius 3 is 2.06 bits per heavy atom. The summed E-state index contributed by atoms with van der Waals surface area (Å²) >= 11 is 0. The third kappa shape index (κ3) is 5.39. The van der Waals surface area contributed by atoms with Crippen molar-refractivity contribution in [2.24, 2.45) is 0 Å². The number of hydrogen-bond acceptors (Lipinski definition) is 7. The lowest BCUT2D eigenvalue weighted by atomic mass is 10.1. The number of β-lactam (4-membered cyclic amide) rings is 1. The first kappa shape index (κ1) is 23.4. The first-order valence-electron chi connectivity index (χ1n) is 9.26. The van der Waals surface area contributed by atoms with Crippen LogP contribution in [0.5, 0.6) is 28.7 Å². The predicted molar refractivity (Wildman–Crippen MR) is 115 cm³/mol. The minimum Gasteiger partial charge on any atom is -0.504 e. The summed E-state index contributed by atoms with van der Waals surface area (Å²) in [5, 5.41) is 11.5. The highest BCUT2D eigenvalue weighted by Gasteiger charge is 2.39. The third-order valence-corrected chi connectivity index (χ3v) is 4.48. The average Bonchev–Trinajstić information content (AvgIpc) is 2.80. The lowest BCUT2D eigenvalue weighted by molar-refractivity contribution is -0.128. The van der Waals surface area contributed by atoms with Crippen LogP contribution >= 0.6 is 0 Å². The van der Waals surface area contributed by atoms with E-state index >= 15 is 0 Å². The van der Waals surface area contributed by atoms with Crippen LogP contribution in [-0.2, 0) is 9.59 Å². The topological polar surface area (TPSA) is 107 Å². The van der Waals surface area contributed by atoms with Gasteiger partial charge in [0.2, 0.25) is 11.7 Å². The quantitative estimate of drug-likeness (QED) is 0.512. The Morgan fingerprint density at radius 1 is 1.06 bits per heavy atom. The van der Waals surface area contributed by atoms with E-state index in [2.05, 4.69) is 11.9 Å². The van der Waals surface area contributed by atoms with Gasteiger partial charge in [-0.05, 0) is 18.2 Å². The van der Waals surface area contributed by atoms with Gasteiger partial charge in [-0.15, -0.1) is 0 Å². The number of phenols is 1. The number of phenolic OH excluding ortho intramolecular Hbond substituents is 1. The normalized spacial score (nSPS) is 14.4. The van der Waals surface area contributed by atoms with Gasteiger partial charge in [0.15, 0.2) is 23.0 Å². The standard InChI is InChI=1S/C15H18N2O5.C7H8O2/c1-5-13(18)16-10-8-17(15(10)19)9-6-11(20-2)14(22-4)12(7-9)21-3;1-9-7-5-3-2-4-6(7)8/h5-7,10H,1,8H2,2-4H3,(H,16,18);2-5,8H,1H3/t10-;/m0./s1. The second-order valence-electron chi connectivity index (χ2n) is 6.27. The van der Waals surface area contributed by atoms with Crippen molar-refractivity contribution in [3.8, 4) is 28.7 Å². The van der Waals surface area contributed by atoms with Crippen molar-refractivity contribution in [3.63, 3.8) is 0 Å². The number of carbonyl (C=O) groups is 2. The summed E-state index contributed by atoms with van der Waals surface area (Å²) < 4.78 is 20.5. The molecule has 0 unspecified atom stereocenters. The van der Waals surface area contributed by atoms with Crippen LogP contribution in [0.1, 0.15) is 0 Å². The number of ether oxygens (including phenoxy) is 4. The Kier molecular flexibility index (Phi) is 8.13. The molecule has 0 bridgehead atoms. The molecule has 3 rings (SSSR count). The highest BCUT2D eigenvalue weighted by Crippen LogP contribution is 2.42. The number of benzene rings is 2. The summed E-state index contributed by atoms with van der Waals surface area (Å²) in [4.78, 5) is 24.9. The number of hydrogen-bond donors (Lipinski definition) is 2. The zero-order valence-corrected chi connectivity index (χ0v) is 17.9. The summed E-state index contributed by atoms with van der Waals surface area (Å²) in [5.74, 6) is 1.49. The molecule has 2 aromatic carbocycles. The van der Waals surface area contributed by atoms with Crippen molar-refractivity contribution >= 4 is 17.5 Å². The highest BCUT2D eigenvalue weighted by molar-refractivity contribution is 6.06. The number of rotatable bonds is 7. The van der Waals surface area contributed by atoms with Gasteiger partial charge >= 0.3 is 0 Å². The maximum absolute atomic E-state index is 12.1. The highest BCUT2D eigenvalue weighted by atomic mass is 16.5. The molecule has 1 heterocycles. The number of anilines is 1. The summed E-state index contributed by atoms with van der Waals surface area (Å²) in [7, 11) is 6.04. The number of methoxy groups -OCH3 is 4. The first-order valence-corrected chi connectivity index (χ1v) is 9.26. The van der Waals surface area contributed by atoms with Gasteiger partial charge in [0.05, 0.1) is 40.7 Å². The van der Waals surface area contributed by atoms with E-state index in [0.717, 1.165) is 6.08 Å². The second-order valence-corrected chi connectivity index (χ2v) is 6.27. The number of nitrogens with zero attached hydrogens (tertiary/aromatic N) is 1. The van der Waals surface area contributed by atoms with Gasteiger partial charge in [-0.25, -0.2) is 0 Å². The third-order valence-electron chi connectivity index (χ3n) is 4.48. The smallest absolute Gasteiger partial charge is 0.251 e. The molecular weight excluding hydrogens is 404 g/mol. The minimum atomic E-state index is -0.537. The van der Waals surface area contributed by atoms with Gasteiger partial charge in [-0.2, -0.15) is 0 Å². The summed E-state index contributed by atoms with van der Waals surface area (Å²) in [5.41, 5.74) is 0.614. The summed E-state index contributed by atoms with van der Waals surface area (Å²) in [6, 6.07) is 9.67. The van der Waals surface area contributed by atoms with Gasteiger partial charge in [-0.3, -0.25) is 9.59 Å². The van der Waals surface area contributed by atoms with E-state index in [4.69, 9.17) is 24.1 Å². The van der Waals surface area contributed by atoms with Crippen LogP contribution in [-0.4, -0.2) is 57.9 Å². The van der Waals surface area contributed by atoms with E-state index in [-0.39, 0.29) is 17.6 Å². The largest absolute Gasteiger partial charge is 0.504 e. The van der Waals surface area contributed by atoms with Crippen molar-refractivity contribution in [1.29, 1.82) is 0 Å². The van der Waals surface area contributed by atoms with Crippen LogP contribution in [0.25, 0.3) is 0 Å². The Hall–Kier alpha value is -3.88. The molecule has 9 heteroatoms. The minimum absolute atomic E-state index is 0.181. The van der Waals surface area contributed by atoms with Crippen LogP contribution in [0.2, 0.25) is 0 Å². The van der Waals surface area contributed by atoms with Gasteiger partial charge in [0.25, 0.3) is 5.91 Å². The number of nitrogens with one attached hydrogen (secondary N) is 1. The molecule has 0 spiro atoms. The van der Waals surface area contributed by atoms with Gasteiger partial charge in [0, 0.05) is 12.1 Å². The zero-order valence-electron chi connectivity index (χ0n) is 17.9. The molecule has 1 aliphatic rings. The molecule has 1 saturated heterocycles. The molecule has 0 radical (unpaired) electrons. The monoisotopic (exact) mass is 430 g/mol. The van der Waals surface area contributed by atoms with Crippen molar-refractivity contribution < 1.29 is 33.6 Å². The average molecular weight is 430 g/mol. The van der Waals surface area contributed by atoms with Crippen LogP contribution in [0.3, 0.4) is 0 Å². The van der Waals surface area contributed by atoms with Gasteiger partial charge in [0.1, 0.15) is 6.04 Å². The molecule has 2 N–H and O–H groups in total. The van der Waals surface area contributed by atoms with Crippen molar-refractivity contribution in [2.45, 2.75) is 6.04 Å². The van der Waals surface area contributed by atoms with Crippen LogP contribution in [0.15, 0.2) is 49.1 Å². The maximum atomic E-state index is 12.1. The van der Waals surface area contributed by atoms with Crippen LogP contribution in [0.4, 0.5) is 5.69 Å². The van der Waals surface area contributed by atoms with Crippen molar-refractivity contribution in [2.75, 3.05) is 39.9 Å². The number of aromatic hydroxyl groups is 1. The Labute approximate surface area is 180 Å². The van der Waals surface area contributed by atoms with Crippen LogP contribution < -0.4 is 29.2 Å². The fraction of sp³-hybridized carbons (Fsp3) is 0.273. The molecule has 0 aliphatic carbocycles. The fourth-order valence-corrected chi connectivity index (χ4v) is 2.85.